The summed E-state index contributed by atoms with van der Waals surface area (Å²) >= 11 is 0. The van der Waals surface area contributed by atoms with Gasteiger partial charge in [0.15, 0.2) is 0 Å². The van der Waals surface area contributed by atoms with Gasteiger partial charge in [-0.25, -0.2) is 4.79 Å². The highest BCUT2D eigenvalue weighted by molar-refractivity contribution is 5.84. The average molecular weight is 253 g/mol. The van der Waals surface area contributed by atoms with Crippen LogP contribution in [0.25, 0.3) is 0 Å². The Morgan fingerprint density at radius 2 is 2.39 bits per heavy atom. The van der Waals surface area contributed by atoms with Crippen LogP contribution in [0.5, 0.6) is 0 Å². The second kappa shape index (κ2) is 4.97. The molecule has 100 valence electrons. The molecular formula is C12H19N3O3. The van der Waals surface area contributed by atoms with Crippen molar-refractivity contribution in [3.05, 3.63) is 12.4 Å². The first-order valence-corrected chi connectivity index (χ1v) is 6.06. The van der Waals surface area contributed by atoms with Gasteiger partial charge >= 0.3 is 6.09 Å². The molecule has 1 aromatic heterocycles. The van der Waals surface area contributed by atoms with Crippen molar-refractivity contribution in [3.63, 3.8) is 0 Å². The van der Waals surface area contributed by atoms with Crippen LogP contribution in [-0.2, 0) is 9.47 Å². The Kier molecular flexibility index (Phi) is 3.56. The minimum absolute atomic E-state index is 0.263. The first kappa shape index (κ1) is 12.9. The van der Waals surface area contributed by atoms with Gasteiger partial charge in [-0.1, -0.05) is 0 Å². The van der Waals surface area contributed by atoms with E-state index >= 15 is 0 Å². The van der Waals surface area contributed by atoms with E-state index in [-0.39, 0.29) is 6.04 Å². The molecule has 2 heterocycles. The Morgan fingerprint density at radius 1 is 1.61 bits per heavy atom. The Balaban J connectivity index is 1.92. The number of carbonyl (C=O) groups is 1. The molecule has 1 saturated heterocycles. The SMILES string of the molecule is CC(C)(C)OC(=O)Nc1cnn([C@H]2CCOC2)c1. The van der Waals surface area contributed by atoms with Gasteiger partial charge in [-0.15, -0.1) is 0 Å². The highest BCUT2D eigenvalue weighted by atomic mass is 16.6. The Labute approximate surface area is 106 Å². The molecule has 1 aliphatic rings. The number of hydrogen-bond donors (Lipinski definition) is 1. The molecule has 0 aliphatic carbocycles. The van der Waals surface area contributed by atoms with E-state index in [2.05, 4.69) is 10.4 Å². The van der Waals surface area contributed by atoms with Crippen molar-refractivity contribution in [2.75, 3.05) is 18.5 Å². The number of amides is 1. The maximum atomic E-state index is 11.6. The first-order chi connectivity index (χ1) is 8.44. The zero-order valence-corrected chi connectivity index (χ0v) is 11.0. The van der Waals surface area contributed by atoms with Crippen molar-refractivity contribution in [3.8, 4) is 0 Å². The van der Waals surface area contributed by atoms with E-state index in [0.29, 0.717) is 12.3 Å². The van der Waals surface area contributed by atoms with Crippen molar-refractivity contribution in [1.82, 2.24) is 9.78 Å². The van der Waals surface area contributed by atoms with Gasteiger partial charge in [0.2, 0.25) is 0 Å². The minimum Gasteiger partial charge on any atom is -0.444 e. The van der Waals surface area contributed by atoms with E-state index in [0.717, 1.165) is 13.0 Å². The number of ether oxygens (including phenoxy) is 2. The van der Waals surface area contributed by atoms with Crippen molar-refractivity contribution < 1.29 is 14.3 Å². The molecule has 0 bridgehead atoms. The third-order valence-electron chi connectivity index (χ3n) is 2.53. The fourth-order valence-electron chi connectivity index (χ4n) is 1.75. The normalized spacial score (nSPS) is 19.8. The van der Waals surface area contributed by atoms with E-state index in [9.17, 15) is 4.79 Å². The number of nitrogens with one attached hydrogen (secondary N) is 1. The van der Waals surface area contributed by atoms with Crippen LogP contribution in [0.3, 0.4) is 0 Å². The predicted octanol–water partition coefficient (Wildman–Crippen LogP) is 2.19. The number of aromatic nitrogens is 2. The monoisotopic (exact) mass is 253 g/mol. The summed E-state index contributed by atoms with van der Waals surface area (Å²) in [6.07, 6.45) is 3.89. The van der Waals surface area contributed by atoms with Crippen LogP contribution in [0, 0.1) is 0 Å². The standard InChI is InChI=1S/C12H19N3O3/c1-12(2,3)18-11(16)14-9-6-13-15(7-9)10-4-5-17-8-10/h6-7,10H,4-5,8H2,1-3H3,(H,14,16)/t10-/m0/s1. The number of anilines is 1. The highest BCUT2D eigenvalue weighted by Gasteiger charge is 2.20. The summed E-state index contributed by atoms with van der Waals surface area (Å²) in [7, 11) is 0. The lowest BCUT2D eigenvalue weighted by Gasteiger charge is -2.19. The van der Waals surface area contributed by atoms with Gasteiger partial charge in [0, 0.05) is 12.8 Å². The van der Waals surface area contributed by atoms with Crippen LogP contribution in [0.1, 0.15) is 33.2 Å². The van der Waals surface area contributed by atoms with Crippen LogP contribution in [0.15, 0.2) is 12.4 Å². The summed E-state index contributed by atoms with van der Waals surface area (Å²) in [5.41, 5.74) is 0.135. The van der Waals surface area contributed by atoms with Crippen LogP contribution < -0.4 is 5.32 Å². The largest absolute Gasteiger partial charge is 0.444 e. The Bertz CT molecular complexity index is 416. The molecule has 1 aliphatic heterocycles. The fourth-order valence-corrected chi connectivity index (χ4v) is 1.75. The molecule has 18 heavy (non-hydrogen) atoms. The summed E-state index contributed by atoms with van der Waals surface area (Å²) in [6.45, 7) is 6.91. The van der Waals surface area contributed by atoms with Gasteiger partial charge in [-0.2, -0.15) is 5.10 Å². The molecule has 2 rings (SSSR count). The Hall–Kier alpha value is -1.56. The molecule has 0 aromatic carbocycles. The quantitative estimate of drug-likeness (QED) is 0.877. The van der Waals surface area contributed by atoms with Crippen LogP contribution >= 0.6 is 0 Å². The van der Waals surface area contributed by atoms with Crippen LogP contribution in [-0.4, -0.2) is 34.7 Å². The zero-order valence-electron chi connectivity index (χ0n) is 11.0. The van der Waals surface area contributed by atoms with Gasteiger partial charge in [0.1, 0.15) is 5.60 Å². The molecule has 1 N–H and O–H groups in total. The maximum absolute atomic E-state index is 11.6. The van der Waals surface area contributed by atoms with Crippen molar-refractivity contribution in [2.45, 2.75) is 38.8 Å². The van der Waals surface area contributed by atoms with Crippen molar-refractivity contribution in [1.29, 1.82) is 0 Å². The van der Waals surface area contributed by atoms with Crippen LogP contribution in [0.4, 0.5) is 10.5 Å². The van der Waals surface area contributed by atoms with Crippen molar-refractivity contribution in [2.24, 2.45) is 0 Å². The molecule has 1 atom stereocenters. The van der Waals surface area contributed by atoms with Crippen LogP contribution in [0.2, 0.25) is 0 Å². The fraction of sp³-hybridized carbons (Fsp3) is 0.667. The lowest BCUT2D eigenvalue weighted by Crippen LogP contribution is -2.27. The minimum atomic E-state index is -0.501. The second-order valence-electron chi connectivity index (χ2n) is 5.35. The molecule has 6 heteroatoms. The molecule has 0 spiro atoms. The molecule has 6 nitrogen and oxygen atoms in total. The molecular weight excluding hydrogens is 234 g/mol. The number of carbonyl (C=O) groups excluding carboxylic acids is 1. The summed E-state index contributed by atoms with van der Waals surface area (Å²) in [5, 5.41) is 6.87. The third-order valence-corrected chi connectivity index (χ3v) is 2.53. The number of rotatable bonds is 2. The second-order valence-corrected chi connectivity index (χ2v) is 5.35. The van der Waals surface area contributed by atoms with Gasteiger partial charge < -0.3 is 9.47 Å². The maximum Gasteiger partial charge on any atom is 0.412 e. The van der Waals surface area contributed by atoms with Gasteiger partial charge in [0.05, 0.1) is 24.5 Å². The topological polar surface area (TPSA) is 65.4 Å². The lowest BCUT2D eigenvalue weighted by molar-refractivity contribution is 0.0636. The average Bonchev–Trinajstić information content (AvgIpc) is 2.82. The molecule has 0 unspecified atom stereocenters. The van der Waals surface area contributed by atoms with E-state index in [1.807, 2.05) is 25.5 Å². The third kappa shape index (κ3) is 3.46. The summed E-state index contributed by atoms with van der Waals surface area (Å²) in [4.78, 5) is 11.6. The van der Waals surface area contributed by atoms with Gasteiger partial charge in [-0.05, 0) is 27.2 Å². The summed E-state index contributed by atoms with van der Waals surface area (Å²) < 4.78 is 12.3. The smallest absolute Gasteiger partial charge is 0.412 e. The van der Waals surface area contributed by atoms with E-state index in [4.69, 9.17) is 9.47 Å². The molecule has 1 amide bonds. The number of nitrogens with zero attached hydrogens (tertiary/aromatic N) is 2. The summed E-state index contributed by atoms with van der Waals surface area (Å²) in [6, 6.07) is 0.263. The molecule has 0 radical (unpaired) electrons. The van der Waals surface area contributed by atoms with Gasteiger partial charge in [-0.3, -0.25) is 10.00 Å². The van der Waals surface area contributed by atoms with Gasteiger partial charge in [0.25, 0.3) is 0 Å². The van der Waals surface area contributed by atoms with E-state index in [1.54, 1.807) is 12.4 Å². The van der Waals surface area contributed by atoms with E-state index < -0.39 is 11.7 Å². The highest BCUT2D eigenvalue weighted by Crippen LogP contribution is 2.20. The first-order valence-electron chi connectivity index (χ1n) is 6.06. The molecule has 1 fully saturated rings. The molecule has 0 saturated carbocycles. The van der Waals surface area contributed by atoms with Crippen molar-refractivity contribution >= 4 is 11.8 Å². The molecule has 1 aromatic rings. The predicted molar refractivity (Wildman–Crippen MR) is 66.6 cm³/mol. The zero-order chi connectivity index (χ0) is 13.2. The summed E-state index contributed by atoms with van der Waals surface area (Å²) in [5.74, 6) is 0. The Morgan fingerprint density at radius 3 is 3.00 bits per heavy atom. The van der Waals surface area contributed by atoms with E-state index in [1.165, 1.54) is 0 Å². The number of hydrogen-bond acceptors (Lipinski definition) is 4. The lowest BCUT2D eigenvalue weighted by atomic mass is 10.2.